The van der Waals surface area contributed by atoms with E-state index in [0.717, 1.165) is 22.2 Å². The first kappa shape index (κ1) is 27.2. The molecule has 0 radical (unpaired) electrons. The highest BCUT2D eigenvalue weighted by Gasteiger charge is 2.32. The lowest BCUT2D eigenvalue weighted by molar-refractivity contribution is -0.274. The molecule has 13 heteroatoms. The smallest absolute Gasteiger partial charge is 0.406 e. The van der Waals surface area contributed by atoms with Crippen LogP contribution in [0.25, 0.3) is 10.9 Å². The van der Waals surface area contributed by atoms with Gasteiger partial charge < -0.3 is 15.4 Å². The number of benzene rings is 2. The Morgan fingerprint density at radius 1 is 1.08 bits per heavy atom. The van der Waals surface area contributed by atoms with Crippen molar-refractivity contribution in [1.29, 1.82) is 0 Å². The van der Waals surface area contributed by atoms with Crippen LogP contribution in [0.15, 0.2) is 65.7 Å². The highest BCUT2D eigenvalue weighted by atomic mass is 35.5. The second-order valence-electron chi connectivity index (χ2n) is 7.66. The maximum atomic E-state index is 14.2. The Hall–Kier alpha value is -3.35. The van der Waals surface area contributed by atoms with Gasteiger partial charge in [0.25, 0.3) is 10.0 Å². The van der Waals surface area contributed by atoms with E-state index < -0.39 is 28.1 Å². The first-order valence-corrected chi connectivity index (χ1v) is 11.7. The van der Waals surface area contributed by atoms with Crippen LogP contribution < -0.4 is 15.4 Å². The lowest BCUT2D eigenvalue weighted by Crippen LogP contribution is -2.18. The average Bonchev–Trinajstić information content (AvgIpc) is 3.13. The van der Waals surface area contributed by atoms with E-state index in [1.807, 2.05) is 0 Å². The van der Waals surface area contributed by atoms with Crippen molar-refractivity contribution in [3.05, 3.63) is 78.0 Å². The number of pyridine rings is 1. The first-order chi connectivity index (χ1) is 16.5. The standard InChI is InChI=1S/C23H20F4N4O3S.ClH/c1-14-6-9-20(22(24)29-14)30-16-7-8-19-15(12-28-2)13-31(21(19)10-16)35(32,33)18-5-3-4-17(11-18)34-23(25,26)27;/h3-11,13,28,30H,12H2,1-2H3;1H. The minimum Gasteiger partial charge on any atom is -0.406 e. The lowest BCUT2D eigenvalue weighted by Gasteiger charge is -2.12. The SMILES string of the molecule is CNCc1cn(S(=O)(=O)c2cccc(OC(F)(F)F)c2)c2cc(Nc3ccc(C)nc3F)ccc12.Cl. The molecule has 0 atom stereocenters. The summed E-state index contributed by atoms with van der Waals surface area (Å²) < 4.78 is 83.9. The number of nitrogens with zero attached hydrogens (tertiary/aromatic N) is 2. The molecule has 2 aromatic heterocycles. The Morgan fingerprint density at radius 3 is 2.50 bits per heavy atom. The van der Waals surface area contributed by atoms with Crippen LogP contribution in [0.1, 0.15) is 11.3 Å². The Bertz CT molecular complexity index is 1510. The van der Waals surface area contributed by atoms with Crippen LogP contribution >= 0.6 is 12.4 Å². The van der Waals surface area contributed by atoms with Gasteiger partial charge in [-0.15, -0.1) is 25.6 Å². The predicted octanol–water partition coefficient (Wildman–Crippen LogP) is 5.50. The quantitative estimate of drug-likeness (QED) is 0.236. The number of hydrogen-bond acceptors (Lipinski definition) is 6. The molecular weight excluding hydrogens is 524 g/mol. The second-order valence-corrected chi connectivity index (χ2v) is 9.47. The summed E-state index contributed by atoms with van der Waals surface area (Å²) in [6, 6.07) is 12.1. The summed E-state index contributed by atoms with van der Waals surface area (Å²) in [6.45, 7) is 1.98. The van der Waals surface area contributed by atoms with E-state index in [9.17, 15) is 26.0 Å². The number of anilines is 2. The largest absolute Gasteiger partial charge is 0.573 e. The minimum atomic E-state index is -4.97. The third kappa shape index (κ3) is 5.72. The zero-order valence-corrected chi connectivity index (χ0v) is 20.6. The Morgan fingerprint density at radius 2 is 1.83 bits per heavy atom. The molecule has 4 aromatic rings. The molecule has 0 aliphatic rings. The van der Waals surface area contributed by atoms with Crippen LogP contribution in [-0.2, 0) is 16.6 Å². The van der Waals surface area contributed by atoms with Crippen LogP contribution in [0.2, 0.25) is 0 Å². The van der Waals surface area contributed by atoms with E-state index >= 15 is 0 Å². The summed E-state index contributed by atoms with van der Waals surface area (Å²) in [5.74, 6) is -1.37. The fourth-order valence-electron chi connectivity index (χ4n) is 3.59. The molecule has 0 aliphatic heterocycles. The molecule has 0 spiro atoms. The highest BCUT2D eigenvalue weighted by molar-refractivity contribution is 7.90. The van der Waals surface area contributed by atoms with Gasteiger partial charge in [0, 0.05) is 35.6 Å². The molecule has 0 aliphatic carbocycles. The van der Waals surface area contributed by atoms with Gasteiger partial charge in [-0.2, -0.15) is 4.39 Å². The number of aryl methyl sites for hydroxylation is 1. The number of nitrogens with one attached hydrogen (secondary N) is 2. The summed E-state index contributed by atoms with van der Waals surface area (Å²) in [7, 11) is -2.62. The maximum Gasteiger partial charge on any atom is 0.573 e. The Balaban J connectivity index is 0.00000361. The van der Waals surface area contributed by atoms with Crippen LogP contribution in [0.3, 0.4) is 0 Å². The molecular formula is C23H21ClF4N4O3S. The maximum absolute atomic E-state index is 14.2. The van der Waals surface area contributed by atoms with Gasteiger partial charge in [-0.05, 0) is 55.9 Å². The van der Waals surface area contributed by atoms with Crippen molar-refractivity contribution in [2.24, 2.45) is 0 Å². The number of alkyl halides is 3. The van der Waals surface area contributed by atoms with Crippen molar-refractivity contribution >= 4 is 44.7 Å². The van der Waals surface area contributed by atoms with Gasteiger partial charge in [0.15, 0.2) is 0 Å². The van der Waals surface area contributed by atoms with Gasteiger partial charge in [-0.3, -0.25) is 0 Å². The lowest BCUT2D eigenvalue weighted by atomic mass is 10.1. The van der Waals surface area contributed by atoms with Crippen LogP contribution in [-0.4, -0.2) is 30.8 Å². The number of fused-ring (bicyclic) bond motifs is 1. The average molecular weight is 545 g/mol. The molecule has 0 saturated heterocycles. The fraction of sp³-hybridized carbons (Fsp3) is 0.174. The Kier molecular flexibility index (Phi) is 7.82. The number of halogens is 5. The fourth-order valence-corrected chi connectivity index (χ4v) is 5.01. The van der Waals surface area contributed by atoms with E-state index in [4.69, 9.17) is 0 Å². The molecule has 4 rings (SSSR count). The normalized spacial score (nSPS) is 11.8. The number of hydrogen-bond donors (Lipinski definition) is 2. The predicted molar refractivity (Wildman–Crippen MR) is 130 cm³/mol. The second kappa shape index (κ2) is 10.3. The van der Waals surface area contributed by atoms with E-state index in [1.54, 1.807) is 32.2 Å². The van der Waals surface area contributed by atoms with Crippen LogP contribution in [0.4, 0.5) is 28.9 Å². The van der Waals surface area contributed by atoms with Crippen molar-refractivity contribution in [3.8, 4) is 5.75 Å². The molecule has 36 heavy (non-hydrogen) atoms. The van der Waals surface area contributed by atoms with E-state index in [2.05, 4.69) is 20.4 Å². The van der Waals surface area contributed by atoms with Gasteiger partial charge in [-0.25, -0.2) is 17.4 Å². The third-order valence-electron chi connectivity index (χ3n) is 5.08. The Labute approximate surface area is 210 Å². The van der Waals surface area contributed by atoms with Crippen molar-refractivity contribution in [2.45, 2.75) is 24.7 Å². The molecule has 2 heterocycles. The molecule has 7 nitrogen and oxygen atoms in total. The van der Waals surface area contributed by atoms with E-state index in [1.165, 1.54) is 24.4 Å². The molecule has 2 aromatic carbocycles. The third-order valence-corrected chi connectivity index (χ3v) is 6.75. The van der Waals surface area contributed by atoms with Gasteiger partial charge in [0.2, 0.25) is 5.95 Å². The van der Waals surface area contributed by atoms with Gasteiger partial charge in [0.1, 0.15) is 5.75 Å². The highest BCUT2D eigenvalue weighted by Crippen LogP contribution is 2.32. The molecule has 0 bridgehead atoms. The van der Waals surface area contributed by atoms with Crippen molar-refractivity contribution in [2.75, 3.05) is 12.4 Å². The zero-order chi connectivity index (χ0) is 25.4. The van der Waals surface area contributed by atoms with Gasteiger partial charge >= 0.3 is 6.36 Å². The molecule has 0 saturated carbocycles. The van der Waals surface area contributed by atoms with Crippen LogP contribution in [0, 0.1) is 12.9 Å². The van der Waals surface area contributed by atoms with Crippen molar-refractivity contribution in [3.63, 3.8) is 0 Å². The van der Waals surface area contributed by atoms with Gasteiger partial charge in [0.05, 0.1) is 16.1 Å². The topological polar surface area (TPSA) is 85.2 Å². The molecule has 0 fully saturated rings. The number of aromatic nitrogens is 2. The monoisotopic (exact) mass is 544 g/mol. The summed E-state index contributed by atoms with van der Waals surface area (Å²) in [5.41, 5.74) is 1.88. The van der Waals surface area contributed by atoms with Crippen molar-refractivity contribution in [1.82, 2.24) is 14.3 Å². The summed E-state index contributed by atoms with van der Waals surface area (Å²) >= 11 is 0. The van der Waals surface area contributed by atoms with E-state index in [0.29, 0.717) is 28.9 Å². The van der Waals surface area contributed by atoms with Crippen molar-refractivity contribution < 1.29 is 30.7 Å². The molecule has 2 N–H and O–H groups in total. The van der Waals surface area contributed by atoms with E-state index in [-0.39, 0.29) is 28.5 Å². The van der Waals surface area contributed by atoms with Gasteiger partial charge in [-0.1, -0.05) is 12.1 Å². The summed E-state index contributed by atoms with van der Waals surface area (Å²) in [6.07, 6.45) is -3.57. The molecule has 0 amide bonds. The first-order valence-electron chi connectivity index (χ1n) is 10.3. The number of ether oxygens (including phenoxy) is 1. The number of rotatable bonds is 7. The molecule has 0 unspecified atom stereocenters. The zero-order valence-electron chi connectivity index (χ0n) is 18.9. The molecule has 192 valence electrons. The minimum absolute atomic E-state index is 0. The summed E-state index contributed by atoms with van der Waals surface area (Å²) in [4.78, 5) is 3.37. The van der Waals surface area contributed by atoms with Crippen LogP contribution in [0.5, 0.6) is 5.75 Å². The summed E-state index contributed by atoms with van der Waals surface area (Å²) in [5, 5.41) is 6.43.